The summed E-state index contributed by atoms with van der Waals surface area (Å²) < 4.78 is 13.8. The maximum absolute atomic E-state index is 11.1. The van der Waals surface area contributed by atoms with Crippen LogP contribution >= 0.6 is 11.6 Å². The van der Waals surface area contributed by atoms with E-state index in [-0.39, 0.29) is 6.61 Å². The number of esters is 1. The second-order valence-electron chi connectivity index (χ2n) is 3.30. The fraction of sp³-hybridized carbons (Fsp3) is 0.818. The lowest BCUT2D eigenvalue weighted by atomic mass is 10.2. The van der Waals surface area contributed by atoms with E-state index in [4.69, 9.17) is 16.3 Å². The number of halogens is 1. The van der Waals surface area contributed by atoms with E-state index in [1.165, 1.54) is 0 Å². The summed E-state index contributed by atoms with van der Waals surface area (Å²) in [4.78, 5) is 21.8. The van der Waals surface area contributed by atoms with Crippen LogP contribution in [-0.2, 0) is 19.0 Å². The van der Waals surface area contributed by atoms with E-state index in [1.807, 2.05) is 0 Å². The molecule has 5 nitrogen and oxygen atoms in total. The maximum atomic E-state index is 11.1. The predicted molar refractivity (Wildman–Crippen MR) is 63.1 cm³/mol. The highest BCUT2D eigenvalue weighted by Crippen LogP contribution is 2.01. The standard InChI is InChI=1S/C11H19ClO5/c1-2-15-11(14)17-9-10(13)16-8-6-4-3-5-7-12/h2-9H2,1H3. The van der Waals surface area contributed by atoms with Gasteiger partial charge >= 0.3 is 12.1 Å². The molecular formula is C11H19ClO5. The van der Waals surface area contributed by atoms with Crippen molar-refractivity contribution in [3.8, 4) is 0 Å². The highest BCUT2D eigenvalue weighted by atomic mass is 35.5. The molecule has 0 radical (unpaired) electrons. The number of rotatable bonds is 9. The van der Waals surface area contributed by atoms with Gasteiger partial charge in [0, 0.05) is 5.88 Å². The number of carbonyl (C=O) groups is 2. The van der Waals surface area contributed by atoms with Crippen LogP contribution in [0, 0.1) is 0 Å². The molecule has 0 saturated heterocycles. The van der Waals surface area contributed by atoms with E-state index >= 15 is 0 Å². The molecule has 100 valence electrons. The van der Waals surface area contributed by atoms with Gasteiger partial charge in [0.2, 0.25) is 0 Å². The Kier molecular flexibility index (Phi) is 10.9. The van der Waals surface area contributed by atoms with Crippen LogP contribution in [0.4, 0.5) is 4.79 Å². The van der Waals surface area contributed by atoms with Crippen LogP contribution in [0.3, 0.4) is 0 Å². The van der Waals surface area contributed by atoms with Crippen LogP contribution in [0.2, 0.25) is 0 Å². The molecule has 0 spiro atoms. The minimum Gasteiger partial charge on any atom is -0.463 e. The van der Waals surface area contributed by atoms with Crippen molar-refractivity contribution in [2.45, 2.75) is 32.6 Å². The average molecular weight is 267 g/mol. The molecule has 0 N–H and O–H groups in total. The number of alkyl halides is 1. The van der Waals surface area contributed by atoms with Gasteiger partial charge in [0.15, 0.2) is 6.61 Å². The molecule has 6 heteroatoms. The van der Waals surface area contributed by atoms with E-state index in [2.05, 4.69) is 9.47 Å². The molecule has 0 aliphatic heterocycles. The summed E-state index contributed by atoms with van der Waals surface area (Å²) in [5, 5.41) is 0. The summed E-state index contributed by atoms with van der Waals surface area (Å²) in [5.41, 5.74) is 0. The van der Waals surface area contributed by atoms with Gasteiger partial charge < -0.3 is 14.2 Å². The second kappa shape index (κ2) is 11.5. The summed E-state index contributed by atoms with van der Waals surface area (Å²) in [5.74, 6) is 0.100. The number of carbonyl (C=O) groups excluding carboxylic acids is 2. The lowest BCUT2D eigenvalue weighted by Crippen LogP contribution is -2.17. The minimum absolute atomic E-state index is 0.217. The van der Waals surface area contributed by atoms with Crippen molar-refractivity contribution < 1.29 is 23.8 Å². The Hall–Kier alpha value is -0.970. The molecule has 0 heterocycles. The monoisotopic (exact) mass is 266 g/mol. The molecule has 0 aromatic carbocycles. The van der Waals surface area contributed by atoms with Crippen molar-refractivity contribution in [3.63, 3.8) is 0 Å². The molecule has 0 amide bonds. The molecule has 0 unspecified atom stereocenters. The van der Waals surface area contributed by atoms with Gasteiger partial charge in [0.05, 0.1) is 13.2 Å². The third-order valence-electron chi connectivity index (χ3n) is 1.86. The molecule has 0 rings (SSSR count). The van der Waals surface area contributed by atoms with Gasteiger partial charge in [-0.1, -0.05) is 12.8 Å². The van der Waals surface area contributed by atoms with Crippen molar-refractivity contribution in [2.24, 2.45) is 0 Å². The fourth-order valence-corrected chi connectivity index (χ4v) is 1.24. The van der Waals surface area contributed by atoms with Crippen molar-refractivity contribution in [1.29, 1.82) is 0 Å². The fourth-order valence-electron chi connectivity index (χ4n) is 1.06. The Morgan fingerprint density at radius 3 is 2.35 bits per heavy atom. The van der Waals surface area contributed by atoms with E-state index < -0.39 is 18.7 Å². The predicted octanol–water partition coefficient (Wildman–Crippen LogP) is 2.50. The third-order valence-corrected chi connectivity index (χ3v) is 2.13. The van der Waals surface area contributed by atoms with Crippen molar-refractivity contribution in [1.82, 2.24) is 0 Å². The molecule has 0 aromatic rings. The topological polar surface area (TPSA) is 61.8 Å². The van der Waals surface area contributed by atoms with E-state index in [0.717, 1.165) is 25.7 Å². The molecular weight excluding hydrogens is 248 g/mol. The summed E-state index contributed by atoms with van der Waals surface area (Å²) >= 11 is 5.52. The Labute approximate surface area is 106 Å². The first-order valence-electron chi connectivity index (χ1n) is 5.71. The quantitative estimate of drug-likeness (QED) is 0.364. The molecule has 17 heavy (non-hydrogen) atoms. The Morgan fingerprint density at radius 1 is 1.00 bits per heavy atom. The first-order valence-corrected chi connectivity index (χ1v) is 6.25. The molecule has 0 fully saturated rings. The van der Waals surface area contributed by atoms with Gasteiger partial charge in [-0.25, -0.2) is 9.59 Å². The van der Waals surface area contributed by atoms with Gasteiger partial charge in [-0.2, -0.15) is 0 Å². The van der Waals surface area contributed by atoms with Crippen LogP contribution in [0.5, 0.6) is 0 Å². The Balaban J connectivity index is 3.31. The second-order valence-corrected chi connectivity index (χ2v) is 3.67. The first kappa shape index (κ1) is 16.0. The van der Waals surface area contributed by atoms with Crippen LogP contribution in [0.15, 0.2) is 0 Å². The molecule has 0 aromatic heterocycles. The van der Waals surface area contributed by atoms with Crippen LogP contribution in [-0.4, -0.2) is 37.8 Å². The summed E-state index contributed by atoms with van der Waals surface area (Å²) in [6, 6.07) is 0. The number of hydrogen-bond donors (Lipinski definition) is 0. The summed E-state index contributed by atoms with van der Waals surface area (Å²) in [6.45, 7) is 1.81. The SMILES string of the molecule is CCOC(=O)OCC(=O)OCCCCCCCl. The maximum Gasteiger partial charge on any atom is 0.508 e. The van der Waals surface area contributed by atoms with Gasteiger partial charge in [0.1, 0.15) is 0 Å². The van der Waals surface area contributed by atoms with Gasteiger partial charge in [-0.15, -0.1) is 11.6 Å². The van der Waals surface area contributed by atoms with Crippen LogP contribution in [0.1, 0.15) is 32.6 Å². The molecule has 0 saturated carbocycles. The van der Waals surface area contributed by atoms with Crippen molar-refractivity contribution >= 4 is 23.7 Å². The van der Waals surface area contributed by atoms with Gasteiger partial charge in [-0.05, 0) is 19.8 Å². The van der Waals surface area contributed by atoms with Gasteiger partial charge in [-0.3, -0.25) is 0 Å². The largest absolute Gasteiger partial charge is 0.508 e. The zero-order valence-corrected chi connectivity index (χ0v) is 10.8. The molecule has 0 aliphatic rings. The van der Waals surface area contributed by atoms with Crippen molar-refractivity contribution in [3.05, 3.63) is 0 Å². The molecule has 0 aliphatic carbocycles. The lowest BCUT2D eigenvalue weighted by molar-refractivity contribution is -0.147. The first-order chi connectivity index (χ1) is 8.20. The Morgan fingerprint density at radius 2 is 1.71 bits per heavy atom. The number of unbranched alkanes of at least 4 members (excludes halogenated alkanes) is 3. The van der Waals surface area contributed by atoms with Crippen LogP contribution in [0.25, 0.3) is 0 Å². The van der Waals surface area contributed by atoms with E-state index in [9.17, 15) is 9.59 Å². The average Bonchev–Trinajstić information content (AvgIpc) is 2.31. The summed E-state index contributed by atoms with van der Waals surface area (Å²) in [6.07, 6.45) is 2.91. The Bertz CT molecular complexity index is 220. The minimum atomic E-state index is -0.855. The number of hydrogen-bond acceptors (Lipinski definition) is 5. The van der Waals surface area contributed by atoms with Crippen LogP contribution < -0.4 is 0 Å². The van der Waals surface area contributed by atoms with Crippen molar-refractivity contribution in [2.75, 3.05) is 25.7 Å². The highest BCUT2D eigenvalue weighted by molar-refractivity contribution is 6.17. The smallest absolute Gasteiger partial charge is 0.463 e. The lowest BCUT2D eigenvalue weighted by Gasteiger charge is -2.05. The normalized spacial score (nSPS) is 9.76. The number of ether oxygens (including phenoxy) is 3. The van der Waals surface area contributed by atoms with E-state index in [1.54, 1.807) is 6.92 Å². The molecule has 0 atom stereocenters. The third kappa shape index (κ3) is 11.3. The van der Waals surface area contributed by atoms with Gasteiger partial charge in [0.25, 0.3) is 0 Å². The van der Waals surface area contributed by atoms with E-state index in [0.29, 0.717) is 12.5 Å². The summed E-state index contributed by atoms with van der Waals surface area (Å²) in [7, 11) is 0. The highest BCUT2D eigenvalue weighted by Gasteiger charge is 2.08. The zero-order valence-electron chi connectivity index (χ0n) is 10.1. The zero-order chi connectivity index (χ0) is 12.9. The molecule has 0 bridgehead atoms.